The van der Waals surface area contributed by atoms with Gasteiger partial charge in [-0.3, -0.25) is 14.0 Å². The molecule has 29 heavy (non-hydrogen) atoms. The quantitative estimate of drug-likeness (QED) is 0.647. The van der Waals surface area contributed by atoms with Crippen LogP contribution in [0.5, 0.6) is 17.4 Å². The molecule has 4 rings (SSSR count). The third kappa shape index (κ3) is 3.38. The largest absolute Gasteiger partial charge is 0.493 e. The van der Waals surface area contributed by atoms with E-state index >= 15 is 0 Å². The van der Waals surface area contributed by atoms with E-state index in [-0.39, 0.29) is 34.9 Å². The van der Waals surface area contributed by atoms with Gasteiger partial charge in [0.25, 0.3) is 5.56 Å². The Bertz CT molecular complexity index is 1190. The molecule has 1 aliphatic rings. The first kappa shape index (κ1) is 18.5. The summed E-state index contributed by atoms with van der Waals surface area (Å²) in [5.74, 6) is -1.69. The van der Waals surface area contributed by atoms with Crippen molar-refractivity contribution in [2.75, 3.05) is 13.7 Å². The van der Waals surface area contributed by atoms with E-state index in [1.54, 1.807) is 42.6 Å². The van der Waals surface area contributed by atoms with Crippen LogP contribution in [-0.4, -0.2) is 40.1 Å². The van der Waals surface area contributed by atoms with E-state index in [4.69, 9.17) is 19.3 Å². The number of fused-ring (bicyclic) bond motifs is 2. The van der Waals surface area contributed by atoms with Gasteiger partial charge in [0, 0.05) is 12.1 Å². The maximum atomic E-state index is 13.1. The van der Waals surface area contributed by atoms with E-state index in [0.717, 1.165) is 0 Å². The number of aromatic nitrogens is 2. The van der Waals surface area contributed by atoms with Gasteiger partial charge in [0.1, 0.15) is 5.65 Å². The minimum atomic E-state index is -1.12. The molecule has 0 spiro atoms. The number of hydrogen-bond donors (Lipinski definition) is 1. The van der Waals surface area contributed by atoms with Gasteiger partial charge in [-0.1, -0.05) is 12.1 Å². The lowest BCUT2D eigenvalue weighted by Gasteiger charge is -2.24. The Kier molecular flexibility index (Phi) is 4.63. The molecular formula is C20H16N2O7. The van der Waals surface area contributed by atoms with Crippen LogP contribution in [0, 0.1) is 0 Å². The zero-order valence-corrected chi connectivity index (χ0v) is 15.3. The van der Waals surface area contributed by atoms with Crippen LogP contribution < -0.4 is 19.8 Å². The van der Waals surface area contributed by atoms with Gasteiger partial charge >= 0.3 is 11.9 Å². The number of ether oxygens (including phenoxy) is 3. The molecule has 0 bridgehead atoms. The molecule has 3 heterocycles. The molecule has 9 nitrogen and oxygen atoms in total. The van der Waals surface area contributed by atoms with E-state index in [2.05, 4.69) is 4.98 Å². The number of benzene rings is 1. The molecule has 1 atom stereocenters. The van der Waals surface area contributed by atoms with Gasteiger partial charge in [0.15, 0.2) is 18.1 Å². The van der Waals surface area contributed by atoms with Crippen molar-refractivity contribution in [3.63, 3.8) is 0 Å². The summed E-state index contributed by atoms with van der Waals surface area (Å²) < 4.78 is 17.1. The fraction of sp³-hybridized carbons (Fsp3) is 0.200. The van der Waals surface area contributed by atoms with Crippen molar-refractivity contribution in [3.05, 3.63) is 64.1 Å². The van der Waals surface area contributed by atoms with E-state index in [1.165, 1.54) is 11.5 Å². The summed E-state index contributed by atoms with van der Waals surface area (Å²) in [5.41, 5.74) is 0.944. The number of carboxylic acids is 1. The lowest BCUT2D eigenvalue weighted by atomic mass is 9.88. The van der Waals surface area contributed by atoms with Crippen molar-refractivity contribution in [3.8, 4) is 17.4 Å². The monoisotopic (exact) mass is 396 g/mol. The average molecular weight is 396 g/mol. The van der Waals surface area contributed by atoms with Crippen LogP contribution in [0.2, 0.25) is 0 Å². The molecule has 9 heteroatoms. The van der Waals surface area contributed by atoms with Gasteiger partial charge in [0.05, 0.1) is 19.1 Å². The Morgan fingerprint density at radius 3 is 2.86 bits per heavy atom. The Morgan fingerprint density at radius 2 is 2.10 bits per heavy atom. The smallest absolute Gasteiger partial charge is 0.341 e. The van der Waals surface area contributed by atoms with Crippen LogP contribution in [0.25, 0.3) is 5.65 Å². The summed E-state index contributed by atoms with van der Waals surface area (Å²) in [5, 5.41) is 8.79. The van der Waals surface area contributed by atoms with Gasteiger partial charge in [-0.2, -0.15) is 4.98 Å². The van der Waals surface area contributed by atoms with Crippen molar-refractivity contribution < 1.29 is 28.9 Å². The number of carboxylic acid groups (broad SMARTS) is 1. The third-order valence-corrected chi connectivity index (χ3v) is 4.61. The number of hydrogen-bond acceptors (Lipinski definition) is 7. The molecule has 148 valence electrons. The molecule has 0 radical (unpaired) electrons. The van der Waals surface area contributed by atoms with Gasteiger partial charge < -0.3 is 19.3 Å². The zero-order valence-electron chi connectivity index (χ0n) is 15.3. The van der Waals surface area contributed by atoms with Crippen LogP contribution in [0.1, 0.15) is 23.5 Å². The minimum Gasteiger partial charge on any atom is -0.493 e. The molecule has 0 amide bonds. The number of rotatable bonds is 5. The van der Waals surface area contributed by atoms with Gasteiger partial charge in [-0.15, -0.1) is 0 Å². The Labute approximate surface area is 164 Å². The molecule has 1 aliphatic heterocycles. The molecule has 1 aromatic carbocycles. The van der Waals surface area contributed by atoms with Crippen molar-refractivity contribution in [1.82, 2.24) is 9.38 Å². The number of methoxy groups -OCH3 is 1. The van der Waals surface area contributed by atoms with Crippen LogP contribution >= 0.6 is 0 Å². The fourth-order valence-corrected chi connectivity index (χ4v) is 3.32. The van der Waals surface area contributed by atoms with Gasteiger partial charge in [0.2, 0.25) is 5.88 Å². The second-order valence-corrected chi connectivity index (χ2v) is 6.39. The molecule has 2 aromatic heterocycles. The van der Waals surface area contributed by atoms with Gasteiger partial charge in [-0.05, 0) is 29.8 Å². The standard InChI is InChI=1S/C20H16N2O7/c1-27-14-8-11(5-6-13(14)28-10-16(23)24)12-9-17(25)29-19-18(12)20(26)22-7-3-2-4-15(22)21-19/h2-8,12H,9-10H2,1H3,(H,23,24). The molecule has 1 unspecified atom stereocenters. The molecule has 0 fully saturated rings. The zero-order chi connectivity index (χ0) is 20.5. The highest BCUT2D eigenvalue weighted by Crippen LogP contribution is 2.39. The number of esters is 1. The maximum Gasteiger partial charge on any atom is 0.341 e. The lowest BCUT2D eigenvalue weighted by Crippen LogP contribution is -2.31. The number of carbonyl (C=O) groups excluding carboxylic acids is 1. The summed E-state index contributed by atoms with van der Waals surface area (Å²) in [4.78, 5) is 40.3. The van der Waals surface area contributed by atoms with Crippen molar-refractivity contribution in [1.29, 1.82) is 0 Å². The lowest BCUT2D eigenvalue weighted by molar-refractivity contribution is -0.139. The minimum absolute atomic E-state index is 0.00683. The highest BCUT2D eigenvalue weighted by Gasteiger charge is 2.33. The molecule has 0 saturated heterocycles. The van der Waals surface area contributed by atoms with E-state index in [9.17, 15) is 14.4 Å². The Hall–Kier alpha value is -3.88. The van der Waals surface area contributed by atoms with E-state index in [1.807, 2.05) is 0 Å². The first-order chi connectivity index (χ1) is 14.0. The van der Waals surface area contributed by atoms with Crippen LogP contribution in [0.4, 0.5) is 0 Å². The van der Waals surface area contributed by atoms with Crippen molar-refractivity contribution >= 4 is 17.6 Å². The summed E-state index contributed by atoms with van der Waals surface area (Å²) >= 11 is 0. The summed E-state index contributed by atoms with van der Waals surface area (Å²) in [6.07, 6.45) is 1.56. The fourth-order valence-electron chi connectivity index (χ4n) is 3.32. The van der Waals surface area contributed by atoms with Crippen molar-refractivity contribution in [2.45, 2.75) is 12.3 Å². The second-order valence-electron chi connectivity index (χ2n) is 6.39. The summed E-state index contributed by atoms with van der Waals surface area (Å²) in [6, 6.07) is 9.91. The maximum absolute atomic E-state index is 13.1. The average Bonchev–Trinajstić information content (AvgIpc) is 2.71. The molecular weight excluding hydrogens is 380 g/mol. The molecule has 0 aliphatic carbocycles. The van der Waals surface area contributed by atoms with Gasteiger partial charge in [-0.25, -0.2) is 4.79 Å². The van der Waals surface area contributed by atoms with Crippen LogP contribution in [0.3, 0.4) is 0 Å². The molecule has 3 aromatic rings. The summed E-state index contributed by atoms with van der Waals surface area (Å²) in [7, 11) is 1.42. The number of nitrogens with zero attached hydrogens (tertiary/aromatic N) is 2. The molecule has 1 N–H and O–H groups in total. The number of pyridine rings is 1. The topological polar surface area (TPSA) is 116 Å². The third-order valence-electron chi connectivity index (χ3n) is 4.61. The first-order valence-electron chi connectivity index (χ1n) is 8.72. The number of aliphatic carboxylic acids is 1. The molecule has 0 saturated carbocycles. The van der Waals surface area contributed by atoms with E-state index in [0.29, 0.717) is 11.2 Å². The SMILES string of the molecule is COc1cc(C2CC(=O)Oc3nc4ccccn4c(=O)c32)ccc1OCC(=O)O. The predicted molar refractivity (Wildman–Crippen MR) is 99.7 cm³/mol. The first-order valence-corrected chi connectivity index (χ1v) is 8.72. The Balaban J connectivity index is 1.82. The highest BCUT2D eigenvalue weighted by atomic mass is 16.5. The van der Waals surface area contributed by atoms with Crippen LogP contribution in [0.15, 0.2) is 47.4 Å². The van der Waals surface area contributed by atoms with Crippen molar-refractivity contribution in [2.24, 2.45) is 0 Å². The van der Waals surface area contributed by atoms with E-state index < -0.39 is 24.5 Å². The normalized spacial score (nSPS) is 15.5. The predicted octanol–water partition coefficient (Wildman–Crippen LogP) is 1.61. The highest BCUT2D eigenvalue weighted by molar-refractivity contribution is 5.77. The Morgan fingerprint density at radius 1 is 1.28 bits per heavy atom. The summed E-state index contributed by atoms with van der Waals surface area (Å²) in [6.45, 7) is -0.522. The number of carbonyl (C=O) groups is 2. The van der Waals surface area contributed by atoms with Crippen LogP contribution in [-0.2, 0) is 9.59 Å². The second kappa shape index (κ2) is 7.27.